The molecule has 1 aromatic carbocycles. The fraction of sp³-hybridized carbons (Fsp3) is 0.273. The standard InChI is InChI=1S/C11H14OS/c1-3-10-6-4-5-7-11(10)12-8-9-13-2/h3-7H,1,8-9H2,2H3. The highest BCUT2D eigenvalue weighted by Gasteiger charge is 1.97. The van der Waals surface area contributed by atoms with E-state index < -0.39 is 0 Å². The number of hydrogen-bond donors (Lipinski definition) is 0. The molecule has 1 rings (SSSR count). The third-order valence-electron chi connectivity index (χ3n) is 1.68. The molecule has 13 heavy (non-hydrogen) atoms. The van der Waals surface area contributed by atoms with Crippen molar-refractivity contribution in [1.82, 2.24) is 0 Å². The molecule has 0 radical (unpaired) electrons. The van der Waals surface area contributed by atoms with Gasteiger partial charge in [0.05, 0.1) is 6.61 Å². The molecule has 0 aromatic heterocycles. The molecule has 1 nitrogen and oxygen atoms in total. The first-order valence-corrected chi connectivity index (χ1v) is 5.61. The first-order valence-electron chi connectivity index (χ1n) is 4.21. The van der Waals surface area contributed by atoms with E-state index in [1.54, 1.807) is 11.8 Å². The fourth-order valence-electron chi connectivity index (χ4n) is 1.02. The molecular formula is C11H14OS. The fourth-order valence-corrected chi connectivity index (χ4v) is 1.27. The Balaban J connectivity index is 2.59. The lowest BCUT2D eigenvalue weighted by Crippen LogP contribution is -2.00. The van der Waals surface area contributed by atoms with Crippen LogP contribution >= 0.6 is 11.8 Å². The van der Waals surface area contributed by atoms with E-state index in [0.717, 1.165) is 23.7 Å². The van der Waals surface area contributed by atoms with Crippen LogP contribution in [0.4, 0.5) is 0 Å². The summed E-state index contributed by atoms with van der Waals surface area (Å²) in [5.74, 6) is 1.94. The van der Waals surface area contributed by atoms with E-state index in [1.165, 1.54) is 0 Å². The second-order valence-electron chi connectivity index (χ2n) is 2.58. The molecule has 0 saturated heterocycles. The highest BCUT2D eigenvalue weighted by molar-refractivity contribution is 7.98. The van der Waals surface area contributed by atoms with Crippen molar-refractivity contribution < 1.29 is 4.74 Å². The molecule has 70 valence electrons. The van der Waals surface area contributed by atoms with E-state index in [2.05, 4.69) is 12.8 Å². The Hall–Kier alpha value is -0.890. The van der Waals surface area contributed by atoms with Crippen molar-refractivity contribution in [1.29, 1.82) is 0 Å². The summed E-state index contributed by atoms with van der Waals surface area (Å²) in [4.78, 5) is 0. The van der Waals surface area contributed by atoms with Crippen LogP contribution in [0.2, 0.25) is 0 Å². The van der Waals surface area contributed by atoms with Gasteiger partial charge >= 0.3 is 0 Å². The van der Waals surface area contributed by atoms with Gasteiger partial charge in [-0.3, -0.25) is 0 Å². The van der Waals surface area contributed by atoms with Crippen molar-refractivity contribution in [3.8, 4) is 5.75 Å². The molecule has 0 fully saturated rings. The van der Waals surface area contributed by atoms with E-state index in [4.69, 9.17) is 4.74 Å². The maximum Gasteiger partial charge on any atom is 0.126 e. The topological polar surface area (TPSA) is 9.23 Å². The van der Waals surface area contributed by atoms with Gasteiger partial charge in [0, 0.05) is 11.3 Å². The van der Waals surface area contributed by atoms with Gasteiger partial charge in [-0.05, 0) is 12.3 Å². The molecule has 0 N–H and O–H groups in total. The van der Waals surface area contributed by atoms with Crippen LogP contribution in [0.25, 0.3) is 6.08 Å². The molecular weight excluding hydrogens is 180 g/mol. The zero-order valence-electron chi connectivity index (χ0n) is 7.82. The molecule has 0 aliphatic carbocycles. The van der Waals surface area contributed by atoms with Crippen LogP contribution in [0.3, 0.4) is 0 Å². The molecule has 0 bridgehead atoms. The van der Waals surface area contributed by atoms with E-state index in [1.807, 2.05) is 30.3 Å². The van der Waals surface area contributed by atoms with Crippen LogP contribution in [-0.4, -0.2) is 18.6 Å². The third-order valence-corrected chi connectivity index (χ3v) is 2.26. The Labute approximate surface area is 83.8 Å². The van der Waals surface area contributed by atoms with Crippen LogP contribution < -0.4 is 4.74 Å². The summed E-state index contributed by atoms with van der Waals surface area (Å²) in [6.07, 6.45) is 3.89. The number of rotatable bonds is 5. The Kier molecular flexibility index (Phi) is 4.47. The van der Waals surface area contributed by atoms with Crippen molar-refractivity contribution in [2.45, 2.75) is 0 Å². The van der Waals surface area contributed by atoms with Crippen molar-refractivity contribution >= 4 is 17.8 Å². The SMILES string of the molecule is C=Cc1ccccc1OCCSC. The minimum absolute atomic E-state index is 0.756. The molecule has 0 heterocycles. The highest BCUT2D eigenvalue weighted by Crippen LogP contribution is 2.18. The van der Waals surface area contributed by atoms with Crippen LogP contribution in [0.15, 0.2) is 30.8 Å². The predicted octanol–water partition coefficient (Wildman–Crippen LogP) is 3.07. The van der Waals surface area contributed by atoms with Crippen molar-refractivity contribution in [3.63, 3.8) is 0 Å². The van der Waals surface area contributed by atoms with Gasteiger partial charge in [0.15, 0.2) is 0 Å². The van der Waals surface area contributed by atoms with Crippen molar-refractivity contribution in [2.75, 3.05) is 18.6 Å². The first-order chi connectivity index (χ1) is 6.38. The minimum atomic E-state index is 0.756. The molecule has 2 heteroatoms. The van der Waals surface area contributed by atoms with E-state index >= 15 is 0 Å². The molecule has 0 aliphatic heterocycles. The Bertz CT molecular complexity index is 271. The van der Waals surface area contributed by atoms with Gasteiger partial charge in [-0.1, -0.05) is 30.9 Å². The second-order valence-corrected chi connectivity index (χ2v) is 3.57. The van der Waals surface area contributed by atoms with Gasteiger partial charge in [-0.25, -0.2) is 0 Å². The summed E-state index contributed by atoms with van der Waals surface area (Å²) in [5.41, 5.74) is 1.06. The molecule has 0 saturated carbocycles. The number of benzene rings is 1. The molecule has 0 spiro atoms. The van der Waals surface area contributed by atoms with Crippen LogP contribution in [-0.2, 0) is 0 Å². The summed E-state index contributed by atoms with van der Waals surface area (Å²) in [7, 11) is 0. The quantitative estimate of drug-likeness (QED) is 0.666. The maximum absolute atomic E-state index is 5.58. The molecule has 0 unspecified atom stereocenters. The summed E-state index contributed by atoms with van der Waals surface area (Å²) >= 11 is 1.78. The zero-order valence-corrected chi connectivity index (χ0v) is 8.64. The third kappa shape index (κ3) is 3.15. The molecule has 0 aliphatic rings. The average Bonchev–Trinajstić information content (AvgIpc) is 2.19. The smallest absolute Gasteiger partial charge is 0.126 e. The Morgan fingerprint density at radius 1 is 1.46 bits per heavy atom. The average molecular weight is 194 g/mol. The lowest BCUT2D eigenvalue weighted by molar-refractivity contribution is 0.343. The summed E-state index contributed by atoms with van der Waals surface area (Å²) in [5, 5.41) is 0. The van der Waals surface area contributed by atoms with Crippen LogP contribution in [0, 0.1) is 0 Å². The maximum atomic E-state index is 5.58. The van der Waals surface area contributed by atoms with E-state index in [9.17, 15) is 0 Å². The lowest BCUT2D eigenvalue weighted by atomic mass is 10.2. The number of ether oxygens (including phenoxy) is 1. The summed E-state index contributed by atoms with van der Waals surface area (Å²) < 4.78 is 5.58. The molecule has 0 atom stereocenters. The number of hydrogen-bond acceptors (Lipinski definition) is 2. The van der Waals surface area contributed by atoms with Gasteiger partial charge in [0.25, 0.3) is 0 Å². The van der Waals surface area contributed by atoms with Gasteiger partial charge < -0.3 is 4.74 Å². The number of para-hydroxylation sites is 1. The first kappa shape index (κ1) is 10.2. The van der Waals surface area contributed by atoms with Crippen molar-refractivity contribution in [3.05, 3.63) is 36.4 Å². The lowest BCUT2D eigenvalue weighted by Gasteiger charge is -2.07. The zero-order chi connectivity index (χ0) is 9.52. The summed E-state index contributed by atoms with van der Waals surface area (Å²) in [6.45, 7) is 4.49. The highest BCUT2D eigenvalue weighted by atomic mass is 32.2. The molecule has 1 aromatic rings. The van der Waals surface area contributed by atoms with E-state index in [0.29, 0.717) is 0 Å². The van der Waals surface area contributed by atoms with Gasteiger partial charge in [0.1, 0.15) is 5.75 Å². The van der Waals surface area contributed by atoms with Gasteiger partial charge in [-0.15, -0.1) is 0 Å². The minimum Gasteiger partial charge on any atom is -0.492 e. The largest absolute Gasteiger partial charge is 0.492 e. The monoisotopic (exact) mass is 194 g/mol. The van der Waals surface area contributed by atoms with E-state index in [-0.39, 0.29) is 0 Å². The second kappa shape index (κ2) is 5.70. The van der Waals surface area contributed by atoms with Crippen molar-refractivity contribution in [2.24, 2.45) is 0 Å². The van der Waals surface area contributed by atoms with Gasteiger partial charge in [-0.2, -0.15) is 11.8 Å². The van der Waals surface area contributed by atoms with Gasteiger partial charge in [0.2, 0.25) is 0 Å². The normalized spacial score (nSPS) is 9.62. The molecule has 0 amide bonds. The van der Waals surface area contributed by atoms with Crippen LogP contribution in [0.1, 0.15) is 5.56 Å². The Morgan fingerprint density at radius 3 is 2.92 bits per heavy atom. The Morgan fingerprint density at radius 2 is 2.23 bits per heavy atom. The number of thioether (sulfide) groups is 1. The predicted molar refractivity (Wildman–Crippen MR) is 60.4 cm³/mol. The summed E-state index contributed by atoms with van der Waals surface area (Å²) in [6, 6.07) is 7.93. The van der Waals surface area contributed by atoms with Crippen LogP contribution in [0.5, 0.6) is 5.75 Å².